The van der Waals surface area contributed by atoms with Crippen molar-refractivity contribution < 1.29 is 4.79 Å². The van der Waals surface area contributed by atoms with E-state index in [4.69, 9.17) is 5.26 Å². The van der Waals surface area contributed by atoms with Crippen LogP contribution in [0.15, 0.2) is 42.6 Å². The molecule has 1 aromatic heterocycles. The van der Waals surface area contributed by atoms with E-state index < -0.39 is 0 Å². The van der Waals surface area contributed by atoms with Crippen molar-refractivity contribution in [2.24, 2.45) is 0 Å². The molecule has 5 heteroatoms. The minimum absolute atomic E-state index is 0.281. The smallest absolute Gasteiger partial charge is 0.274 e. The van der Waals surface area contributed by atoms with Crippen LogP contribution in [0, 0.1) is 11.3 Å². The third kappa shape index (κ3) is 3.39. The molecule has 19 heavy (non-hydrogen) atoms. The molecule has 0 bridgehead atoms. The summed E-state index contributed by atoms with van der Waals surface area (Å²) in [5, 5.41) is 12.2. The molecule has 0 aliphatic heterocycles. The Hall–Kier alpha value is -2.19. The van der Waals surface area contributed by atoms with Gasteiger partial charge in [-0.3, -0.25) is 4.79 Å². The Morgan fingerprint density at radius 3 is 2.53 bits per heavy atom. The Bertz CT molecular complexity index is 615. The number of anilines is 1. The van der Waals surface area contributed by atoms with Gasteiger partial charge in [0.1, 0.15) is 11.8 Å². The van der Waals surface area contributed by atoms with Crippen LogP contribution < -0.4 is 5.32 Å². The summed E-state index contributed by atoms with van der Waals surface area (Å²) in [6.07, 6.45) is 1.38. The van der Waals surface area contributed by atoms with Gasteiger partial charge >= 0.3 is 0 Å². The van der Waals surface area contributed by atoms with Crippen LogP contribution in [0.3, 0.4) is 0 Å². The topological polar surface area (TPSA) is 65.8 Å². The number of nitrogens with one attached hydrogen (secondary N) is 1. The zero-order valence-electron chi connectivity index (χ0n) is 9.93. The fraction of sp³-hybridized carbons (Fsp3) is 0.0714. The molecular weight excluding hydrogens is 306 g/mol. The highest BCUT2D eigenvalue weighted by atomic mass is 79.9. The first-order chi connectivity index (χ1) is 9.22. The summed E-state index contributed by atoms with van der Waals surface area (Å²) in [5.41, 5.74) is 2.55. The molecule has 2 aromatic rings. The predicted molar refractivity (Wildman–Crippen MR) is 76.0 cm³/mol. The Morgan fingerprint density at radius 1 is 1.26 bits per heavy atom. The lowest BCUT2D eigenvalue weighted by molar-refractivity contribution is 0.102. The number of hydrogen-bond donors (Lipinski definition) is 1. The Labute approximate surface area is 119 Å². The van der Waals surface area contributed by atoms with Crippen molar-refractivity contribution in [2.45, 2.75) is 5.33 Å². The average molecular weight is 316 g/mol. The van der Waals surface area contributed by atoms with Crippen molar-refractivity contribution in [2.75, 3.05) is 5.32 Å². The van der Waals surface area contributed by atoms with Gasteiger partial charge in [0.15, 0.2) is 0 Å². The van der Waals surface area contributed by atoms with Crippen molar-refractivity contribution in [1.82, 2.24) is 4.98 Å². The fourth-order valence-electron chi connectivity index (χ4n) is 1.47. The van der Waals surface area contributed by atoms with Crippen LogP contribution in [0.5, 0.6) is 0 Å². The van der Waals surface area contributed by atoms with Crippen LogP contribution in [0.2, 0.25) is 0 Å². The van der Waals surface area contributed by atoms with Gasteiger partial charge in [-0.15, -0.1) is 0 Å². The van der Waals surface area contributed by atoms with E-state index in [-0.39, 0.29) is 11.6 Å². The third-order valence-electron chi connectivity index (χ3n) is 2.49. The molecule has 1 N–H and O–H groups in total. The molecule has 0 saturated carbocycles. The summed E-state index contributed by atoms with van der Waals surface area (Å²) in [6, 6.07) is 12.6. The van der Waals surface area contributed by atoms with Crippen LogP contribution in [0.1, 0.15) is 21.6 Å². The van der Waals surface area contributed by atoms with Gasteiger partial charge in [0.25, 0.3) is 5.91 Å². The molecular formula is C14H10BrN3O. The minimum Gasteiger partial charge on any atom is -0.321 e. The van der Waals surface area contributed by atoms with Crippen molar-refractivity contribution in [1.29, 1.82) is 5.26 Å². The van der Waals surface area contributed by atoms with Gasteiger partial charge in [0.05, 0.1) is 5.56 Å². The van der Waals surface area contributed by atoms with Gasteiger partial charge in [0, 0.05) is 17.2 Å². The predicted octanol–water partition coefficient (Wildman–Crippen LogP) is 3.10. The Kier molecular flexibility index (Phi) is 4.26. The van der Waals surface area contributed by atoms with E-state index in [0.717, 1.165) is 10.9 Å². The summed E-state index contributed by atoms with van der Waals surface area (Å²) in [6.45, 7) is 0. The highest BCUT2D eigenvalue weighted by Gasteiger charge is 2.07. The molecule has 0 aliphatic carbocycles. The number of amides is 1. The van der Waals surface area contributed by atoms with E-state index >= 15 is 0 Å². The van der Waals surface area contributed by atoms with Crippen LogP contribution in [0.4, 0.5) is 5.69 Å². The number of carbonyl (C=O) groups is 1. The lowest BCUT2D eigenvalue weighted by Gasteiger charge is -2.05. The number of aromatic nitrogens is 1. The van der Waals surface area contributed by atoms with E-state index in [9.17, 15) is 4.79 Å². The van der Waals surface area contributed by atoms with Crippen molar-refractivity contribution in [3.8, 4) is 6.07 Å². The summed E-state index contributed by atoms with van der Waals surface area (Å²) < 4.78 is 0. The zero-order valence-corrected chi connectivity index (χ0v) is 11.5. The number of nitrogens with zero attached hydrogens (tertiary/aromatic N) is 2. The maximum absolute atomic E-state index is 11.9. The maximum Gasteiger partial charge on any atom is 0.274 e. The molecule has 1 aromatic carbocycles. The fourth-order valence-corrected chi connectivity index (χ4v) is 1.84. The largest absolute Gasteiger partial charge is 0.321 e. The monoisotopic (exact) mass is 315 g/mol. The highest BCUT2D eigenvalue weighted by molar-refractivity contribution is 9.08. The molecule has 1 heterocycles. The van der Waals surface area contributed by atoms with Crippen molar-refractivity contribution >= 4 is 27.5 Å². The summed E-state index contributed by atoms with van der Waals surface area (Å²) in [4.78, 5) is 15.8. The molecule has 2 rings (SSSR count). The first-order valence-electron chi connectivity index (χ1n) is 5.55. The zero-order chi connectivity index (χ0) is 13.7. The molecule has 0 unspecified atom stereocenters. The van der Waals surface area contributed by atoms with Crippen molar-refractivity contribution in [3.05, 3.63) is 59.4 Å². The molecule has 94 valence electrons. The number of halogens is 1. The lowest BCUT2D eigenvalue weighted by Crippen LogP contribution is -2.13. The standard InChI is InChI=1S/C14H10BrN3O/c15-7-10-1-4-12(5-2-10)18-14(19)13-6-3-11(8-16)9-17-13/h1-6,9H,7H2,(H,18,19). The Balaban J connectivity index is 2.09. The number of benzene rings is 1. The second kappa shape index (κ2) is 6.12. The maximum atomic E-state index is 11.9. The number of pyridine rings is 1. The van der Waals surface area contributed by atoms with Crippen LogP contribution in [-0.2, 0) is 5.33 Å². The van der Waals surface area contributed by atoms with E-state index in [0.29, 0.717) is 11.3 Å². The molecule has 4 nitrogen and oxygen atoms in total. The van der Waals surface area contributed by atoms with E-state index in [2.05, 4.69) is 26.2 Å². The van der Waals surface area contributed by atoms with E-state index in [1.54, 1.807) is 6.07 Å². The SMILES string of the molecule is N#Cc1ccc(C(=O)Nc2ccc(CBr)cc2)nc1. The second-order valence-electron chi connectivity index (χ2n) is 3.83. The Morgan fingerprint density at radius 2 is 2.00 bits per heavy atom. The number of rotatable bonds is 3. The quantitative estimate of drug-likeness (QED) is 0.885. The first kappa shape index (κ1) is 13.2. The van der Waals surface area contributed by atoms with Crippen LogP contribution in [-0.4, -0.2) is 10.9 Å². The third-order valence-corrected chi connectivity index (χ3v) is 3.14. The number of carbonyl (C=O) groups excluding carboxylic acids is 1. The number of alkyl halides is 1. The molecule has 0 saturated heterocycles. The summed E-state index contributed by atoms with van der Waals surface area (Å²) in [7, 11) is 0. The minimum atomic E-state index is -0.295. The average Bonchev–Trinajstić information content (AvgIpc) is 2.48. The molecule has 0 radical (unpaired) electrons. The highest BCUT2D eigenvalue weighted by Crippen LogP contribution is 2.12. The van der Waals surface area contributed by atoms with E-state index in [1.807, 2.05) is 30.3 Å². The number of nitriles is 1. The first-order valence-corrected chi connectivity index (χ1v) is 6.67. The van der Waals surface area contributed by atoms with Gasteiger partial charge in [-0.1, -0.05) is 28.1 Å². The van der Waals surface area contributed by atoms with Gasteiger partial charge in [0.2, 0.25) is 0 Å². The van der Waals surface area contributed by atoms with Gasteiger partial charge in [-0.05, 0) is 29.8 Å². The summed E-state index contributed by atoms with van der Waals surface area (Å²) in [5.74, 6) is -0.295. The summed E-state index contributed by atoms with van der Waals surface area (Å²) >= 11 is 3.36. The normalized spacial score (nSPS) is 9.68. The van der Waals surface area contributed by atoms with Crippen LogP contribution in [0.25, 0.3) is 0 Å². The van der Waals surface area contributed by atoms with Gasteiger partial charge < -0.3 is 5.32 Å². The van der Waals surface area contributed by atoms with Gasteiger partial charge in [-0.25, -0.2) is 4.98 Å². The molecule has 0 atom stereocenters. The van der Waals surface area contributed by atoms with E-state index in [1.165, 1.54) is 12.3 Å². The van der Waals surface area contributed by atoms with Crippen LogP contribution >= 0.6 is 15.9 Å². The number of hydrogen-bond acceptors (Lipinski definition) is 3. The molecule has 0 aliphatic rings. The molecule has 1 amide bonds. The van der Waals surface area contributed by atoms with Crippen molar-refractivity contribution in [3.63, 3.8) is 0 Å². The molecule has 0 spiro atoms. The molecule has 0 fully saturated rings. The lowest BCUT2D eigenvalue weighted by atomic mass is 10.2. The second-order valence-corrected chi connectivity index (χ2v) is 4.39. The van der Waals surface area contributed by atoms with Gasteiger partial charge in [-0.2, -0.15) is 5.26 Å².